The summed E-state index contributed by atoms with van der Waals surface area (Å²) in [6.07, 6.45) is -3.48. The molecule has 0 atom stereocenters. The van der Waals surface area contributed by atoms with Crippen LogP contribution in [0.1, 0.15) is 11.3 Å². The number of methoxy groups -OCH3 is 1. The van der Waals surface area contributed by atoms with Gasteiger partial charge in [-0.25, -0.2) is 0 Å². The zero-order valence-electron chi connectivity index (χ0n) is 8.84. The summed E-state index contributed by atoms with van der Waals surface area (Å²) in [7, 11) is 1.58. The number of halogens is 3. The molecule has 0 amide bonds. The lowest BCUT2D eigenvalue weighted by Crippen LogP contribution is -2.19. The van der Waals surface area contributed by atoms with Gasteiger partial charge in [0.2, 0.25) is 0 Å². The molecule has 0 bridgehead atoms. The summed E-state index contributed by atoms with van der Waals surface area (Å²) in [5.41, 5.74) is -0.155. The van der Waals surface area contributed by atoms with E-state index in [4.69, 9.17) is 4.74 Å². The summed E-state index contributed by atoms with van der Waals surface area (Å²) in [5.74, 6) is 0. The van der Waals surface area contributed by atoms with Crippen LogP contribution in [0.25, 0.3) is 0 Å². The molecule has 1 aromatic rings. The number of nitrogens with one attached hydrogen (secondary N) is 1. The van der Waals surface area contributed by atoms with E-state index in [0.717, 1.165) is 12.3 Å². The van der Waals surface area contributed by atoms with E-state index in [-0.39, 0.29) is 0 Å². The van der Waals surface area contributed by atoms with Gasteiger partial charge in [-0.15, -0.1) is 0 Å². The number of hydrogen-bond acceptors (Lipinski definition) is 3. The largest absolute Gasteiger partial charge is 0.417 e. The van der Waals surface area contributed by atoms with Crippen LogP contribution in [0, 0.1) is 0 Å². The first kappa shape index (κ1) is 12.9. The highest BCUT2D eigenvalue weighted by atomic mass is 19.4. The molecule has 0 aliphatic rings. The summed E-state index contributed by atoms with van der Waals surface area (Å²) in [4.78, 5) is 3.72. The molecular formula is C10H13F3N2O. The molecule has 0 fully saturated rings. The summed E-state index contributed by atoms with van der Waals surface area (Å²) in [5, 5.41) is 2.99. The van der Waals surface area contributed by atoms with E-state index >= 15 is 0 Å². The smallest absolute Gasteiger partial charge is 0.383 e. The fourth-order valence-corrected chi connectivity index (χ4v) is 1.09. The third-order valence-electron chi connectivity index (χ3n) is 1.94. The fourth-order valence-electron chi connectivity index (χ4n) is 1.09. The van der Waals surface area contributed by atoms with Gasteiger partial charge >= 0.3 is 6.18 Å². The van der Waals surface area contributed by atoms with Crippen LogP contribution in [0.3, 0.4) is 0 Å². The minimum atomic E-state index is -4.32. The van der Waals surface area contributed by atoms with Crippen LogP contribution in [-0.4, -0.2) is 25.2 Å². The van der Waals surface area contributed by atoms with Gasteiger partial charge in [0.1, 0.15) is 0 Å². The van der Waals surface area contributed by atoms with Crippen molar-refractivity contribution < 1.29 is 17.9 Å². The van der Waals surface area contributed by atoms with Crippen molar-refractivity contribution >= 4 is 0 Å². The van der Waals surface area contributed by atoms with Crippen LogP contribution in [0.2, 0.25) is 0 Å². The van der Waals surface area contributed by atoms with Gasteiger partial charge in [0.05, 0.1) is 17.9 Å². The second-order valence-corrected chi connectivity index (χ2v) is 3.21. The number of pyridine rings is 1. The van der Waals surface area contributed by atoms with Crippen LogP contribution in [-0.2, 0) is 17.5 Å². The molecule has 0 radical (unpaired) electrons. The van der Waals surface area contributed by atoms with Gasteiger partial charge in [0, 0.05) is 26.4 Å². The van der Waals surface area contributed by atoms with Gasteiger partial charge in [0.25, 0.3) is 0 Å². The van der Waals surface area contributed by atoms with Crippen molar-refractivity contribution in [3.8, 4) is 0 Å². The normalized spacial score (nSPS) is 11.8. The first-order chi connectivity index (χ1) is 7.54. The van der Waals surface area contributed by atoms with Crippen LogP contribution < -0.4 is 5.32 Å². The highest BCUT2D eigenvalue weighted by Crippen LogP contribution is 2.28. The summed E-state index contributed by atoms with van der Waals surface area (Å²) < 4.78 is 41.4. The average Bonchev–Trinajstić information content (AvgIpc) is 2.24. The second-order valence-electron chi connectivity index (χ2n) is 3.21. The number of aromatic nitrogens is 1. The van der Waals surface area contributed by atoms with E-state index in [1.54, 1.807) is 7.11 Å². The van der Waals surface area contributed by atoms with E-state index < -0.39 is 11.7 Å². The quantitative estimate of drug-likeness (QED) is 0.789. The zero-order valence-corrected chi connectivity index (χ0v) is 8.84. The third kappa shape index (κ3) is 4.16. The molecule has 0 saturated heterocycles. The maximum atomic E-state index is 12.2. The molecule has 0 aliphatic carbocycles. The number of ether oxygens (including phenoxy) is 1. The minimum absolute atomic E-state index is 0.432. The van der Waals surface area contributed by atoms with Crippen molar-refractivity contribution in [3.63, 3.8) is 0 Å². The molecule has 16 heavy (non-hydrogen) atoms. The van der Waals surface area contributed by atoms with Gasteiger partial charge in [-0.3, -0.25) is 4.98 Å². The maximum Gasteiger partial charge on any atom is 0.417 e. The van der Waals surface area contributed by atoms with Crippen LogP contribution in [0.15, 0.2) is 18.3 Å². The molecule has 1 heterocycles. The number of hydrogen-bond donors (Lipinski definition) is 1. The van der Waals surface area contributed by atoms with Gasteiger partial charge < -0.3 is 10.1 Å². The summed E-state index contributed by atoms with van der Waals surface area (Å²) in [6, 6.07) is 2.39. The van der Waals surface area contributed by atoms with Crippen molar-refractivity contribution in [2.24, 2.45) is 0 Å². The first-order valence-corrected chi connectivity index (χ1v) is 4.76. The van der Waals surface area contributed by atoms with Crippen molar-refractivity contribution in [1.29, 1.82) is 0 Å². The molecule has 1 N–H and O–H groups in total. The minimum Gasteiger partial charge on any atom is -0.383 e. The lowest BCUT2D eigenvalue weighted by molar-refractivity contribution is -0.137. The SMILES string of the molecule is COCCNCc1ccc(C(F)(F)F)cn1. The second kappa shape index (κ2) is 5.81. The lowest BCUT2D eigenvalue weighted by Gasteiger charge is -2.07. The molecule has 0 saturated carbocycles. The Morgan fingerprint density at radius 1 is 1.38 bits per heavy atom. The van der Waals surface area contributed by atoms with Crippen LogP contribution >= 0.6 is 0 Å². The molecule has 0 unspecified atom stereocenters. The Morgan fingerprint density at radius 3 is 2.62 bits per heavy atom. The molecule has 3 nitrogen and oxygen atoms in total. The Hall–Kier alpha value is -1.14. The monoisotopic (exact) mass is 234 g/mol. The first-order valence-electron chi connectivity index (χ1n) is 4.76. The average molecular weight is 234 g/mol. The zero-order chi connectivity index (χ0) is 12.0. The molecule has 0 aliphatic heterocycles. The fraction of sp³-hybridized carbons (Fsp3) is 0.500. The summed E-state index contributed by atoms with van der Waals surface area (Å²) in [6.45, 7) is 1.63. The Labute approximate surface area is 91.6 Å². The van der Waals surface area contributed by atoms with E-state index in [1.165, 1.54) is 6.07 Å². The van der Waals surface area contributed by atoms with E-state index in [2.05, 4.69) is 10.3 Å². The molecule has 1 rings (SSSR count). The Bertz CT molecular complexity index is 311. The van der Waals surface area contributed by atoms with Crippen LogP contribution in [0.4, 0.5) is 13.2 Å². The lowest BCUT2D eigenvalue weighted by atomic mass is 10.2. The van der Waals surface area contributed by atoms with E-state index in [0.29, 0.717) is 25.4 Å². The number of rotatable bonds is 5. The molecule has 1 aromatic heterocycles. The number of nitrogens with zero attached hydrogens (tertiary/aromatic N) is 1. The molecule has 0 aromatic carbocycles. The molecular weight excluding hydrogens is 221 g/mol. The van der Waals surface area contributed by atoms with E-state index in [1.807, 2.05) is 0 Å². The molecule has 0 spiro atoms. The Kier molecular flexibility index (Phi) is 4.70. The predicted octanol–water partition coefficient (Wildman–Crippen LogP) is 1.84. The topological polar surface area (TPSA) is 34.1 Å². The van der Waals surface area contributed by atoms with Crippen molar-refractivity contribution in [2.45, 2.75) is 12.7 Å². The van der Waals surface area contributed by atoms with Gasteiger partial charge in [-0.2, -0.15) is 13.2 Å². The standard InChI is InChI=1S/C10H13F3N2O/c1-16-5-4-14-7-9-3-2-8(6-15-9)10(11,12)13/h2-3,6,14H,4-5,7H2,1H3. The molecule has 90 valence electrons. The van der Waals surface area contributed by atoms with Gasteiger partial charge in [-0.1, -0.05) is 0 Å². The highest BCUT2D eigenvalue weighted by molar-refractivity contribution is 5.16. The number of alkyl halides is 3. The van der Waals surface area contributed by atoms with Crippen LogP contribution in [0.5, 0.6) is 0 Å². The predicted molar refractivity (Wildman–Crippen MR) is 52.8 cm³/mol. The highest BCUT2D eigenvalue weighted by Gasteiger charge is 2.30. The van der Waals surface area contributed by atoms with E-state index in [9.17, 15) is 13.2 Å². The van der Waals surface area contributed by atoms with Crippen molar-refractivity contribution in [1.82, 2.24) is 10.3 Å². The summed E-state index contributed by atoms with van der Waals surface area (Å²) >= 11 is 0. The van der Waals surface area contributed by atoms with Crippen molar-refractivity contribution in [2.75, 3.05) is 20.3 Å². The Balaban J connectivity index is 2.46. The van der Waals surface area contributed by atoms with Crippen molar-refractivity contribution in [3.05, 3.63) is 29.6 Å². The van der Waals surface area contributed by atoms with Gasteiger partial charge in [0.15, 0.2) is 0 Å². The molecule has 6 heteroatoms. The third-order valence-corrected chi connectivity index (χ3v) is 1.94. The Morgan fingerprint density at radius 2 is 2.12 bits per heavy atom. The maximum absolute atomic E-state index is 12.2. The van der Waals surface area contributed by atoms with Gasteiger partial charge in [-0.05, 0) is 12.1 Å².